The Balaban J connectivity index is 1.21. The van der Waals surface area contributed by atoms with Crippen LogP contribution in [0.4, 0.5) is 13.2 Å². The van der Waals surface area contributed by atoms with E-state index < -0.39 is 23.8 Å². The number of hydrogen-bond donors (Lipinski definition) is 3. The van der Waals surface area contributed by atoms with E-state index in [4.69, 9.17) is 10.5 Å². The highest BCUT2D eigenvalue weighted by atomic mass is 32.1. The van der Waals surface area contributed by atoms with Gasteiger partial charge in [0.1, 0.15) is 28.1 Å². The molecule has 0 bridgehead atoms. The average molecular weight is 599 g/mol. The van der Waals surface area contributed by atoms with Gasteiger partial charge < -0.3 is 21.1 Å². The topological polar surface area (TPSA) is 97.4 Å². The number of carbonyl (C=O) groups excluding carboxylic acids is 1. The highest BCUT2D eigenvalue weighted by Gasteiger charge is 2.35. The fraction of sp³-hybridized carbons (Fsp3) is 0.400. The Hall–Kier alpha value is -3.45. The van der Waals surface area contributed by atoms with E-state index in [-0.39, 0.29) is 16.2 Å². The van der Waals surface area contributed by atoms with Crippen molar-refractivity contribution < 1.29 is 22.7 Å². The maximum atomic E-state index is 13.6. The third-order valence-corrected chi connectivity index (χ3v) is 9.31. The number of carbonyl (C=O) groups is 1. The Morgan fingerprint density at radius 3 is 2.64 bits per heavy atom. The van der Waals surface area contributed by atoms with E-state index in [9.17, 15) is 18.0 Å². The van der Waals surface area contributed by atoms with Gasteiger partial charge in [-0.15, -0.1) is 11.3 Å². The summed E-state index contributed by atoms with van der Waals surface area (Å²) in [7, 11) is 0. The molecule has 0 spiro atoms. The first-order valence-corrected chi connectivity index (χ1v) is 14.9. The first kappa shape index (κ1) is 28.7. The number of halogens is 3. The first-order chi connectivity index (χ1) is 20.2. The van der Waals surface area contributed by atoms with E-state index >= 15 is 0 Å². The lowest BCUT2D eigenvalue weighted by Crippen LogP contribution is -2.55. The van der Waals surface area contributed by atoms with Gasteiger partial charge in [-0.2, -0.15) is 13.2 Å². The highest BCUT2D eigenvalue weighted by molar-refractivity contribution is 7.16. The number of aromatic nitrogens is 2. The lowest BCUT2D eigenvalue weighted by molar-refractivity contribution is -0.139. The molecule has 0 radical (unpaired) electrons. The Labute approximate surface area is 245 Å². The number of nitrogens with two attached hydrogens (primary N) is 1. The van der Waals surface area contributed by atoms with Gasteiger partial charge >= 0.3 is 6.18 Å². The predicted octanol–water partition coefficient (Wildman–Crippen LogP) is 5.04. The van der Waals surface area contributed by atoms with Crippen molar-refractivity contribution in [2.75, 3.05) is 32.7 Å². The zero-order valence-corrected chi connectivity index (χ0v) is 24.0. The number of ether oxygens (including phenoxy) is 1. The molecule has 2 saturated heterocycles. The molecule has 222 valence electrons. The molecular weight excluding hydrogens is 565 g/mol. The van der Waals surface area contributed by atoms with Crippen LogP contribution in [0.1, 0.15) is 58.1 Å². The molecule has 0 saturated carbocycles. The summed E-state index contributed by atoms with van der Waals surface area (Å²) in [6.07, 6.45) is -1.22. The number of piperazine rings is 1. The molecule has 4 N–H and O–H groups in total. The normalized spacial score (nSPS) is 21.0. The molecule has 12 heteroatoms. The van der Waals surface area contributed by atoms with E-state index in [1.54, 1.807) is 12.4 Å². The molecule has 42 heavy (non-hydrogen) atoms. The number of benzene rings is 2. The van der Waals surface area contributed by atoms with Gasteiger partial charge in [-0.05, 0) is 49.4 Å². The van der Waals surface area contributed by atoms with Gasteiger partial charge in [-0.1, -0.05) is 24.3 Å². The van der Waals surface area contributed by atoms with Crippen LogP contribution in [0, 0.1) is 0 Å². The van der Waals surface area contributed by atoms with Crippen LogP contribution >= 0.6 is 11.3 Å². The van der Waals surface area contributed by atoms with Crippen LogP contribution in [-0.2, 0) is 6.18 Å². The Morgan fingerprint density at radius 2 is 1.93 bits per heavy atom. The molecule has 6 rings (SSSR count). The summed E-state index contributed by atoms with van der Waals surface area (Å²) in [5, 5.41) is 7.76. The number of nitrogens with zero attached hydrogens (tertiary/aromatic N) is 3. The number of thiophene rings is 1. The van der Waals surface area contributed by atoms with Crippen LogP contribution in [0.25, 0.3) is 16.0 Å². The summed E-state index contributed by atoms with van der Waals surface area (Å²) >= 11 is 1.12. The molecule has 1 amide bonds. The standard InChI is InChI=1S/C30H33F3N6O2S/c1-18(21-4-2-3-5-22(21)30(31,32)33)41-25-15-27(42-28(25)29(34)40)39-17-37-23-14-19(6-8-24(23)39)20-7-9-26(36-16-20)38-12-10-35-11-13-38/h2-6,8,14-15,17-18,20,26,35-36H,7,9-13,16H2,1H3,(H2,34,40)/t18-,20?,26?/m1/s1. The second-order valence-electron chi connectivity index (χ2n) is 10.8. The molecular formula is C30H33F3N6O2S. The second kappa shape index (κ2) is 11.7. The van der Waals surface area contributed by atoms with Crippen molar-refractivity contribution >= 4 is 28.3 Å². The number of fused-ring (bicyclic) bond motifs is 1. The highest BCUT2D eigenvalue weighted by Crippen LogP contribution is 2.39. The van der Waals surface area contributed by atoms with Gasteiger partial charge in [0.2, 0.25) is 0 Å². The largest absolute Gasteiger partial charge is 0.484 e. The smallest absolute Gasteiger partial charge is 0.416 e. The van der Waals surface area contributed by atoms with Crippen LogP contribution in [0.15, 0.2) is 54.9 Å². The molecule has 0 aliphatic carbocycles. The summed E-state index contributed by atoms with van der Waals surface area (Å²) in [6, 6.07) is 13.1. The quantitative estimate of drug-likeness (QED) is 0.276. The Bertz CT molecular complexity index is 1570. The zero-order chi connectivity index (χ0) is 29.4. The number of piperidine rings is 1. The molecule has 2 aromatic carbocycles. The monoisotopic (exact) mass is 598 g/mol. The van der Waals surface area contributed by atoms with Gasteiger partial charge in [0.15, 0.2) is 0 Å². The van der Waals surface area contributed by atoms with Crippen molar-refractivity contribution in [2.24, 2.45) is 5.73 Å². The van der Waals surface area contributed by atoms with Gasteiger partial charge in [-0.3, -0.25) is 14.3 Å². The molecule has 4 heterocycles. The number of amides is 1. The van der Waals surface area contributed by atoms with E-state index in [0.29, 0.717) is 17.1 Å². The van der Waals surface area contributed by atoms with E-state index in [2.05, 4.69) is 32.7 Å². The Kier molecular flexibility index (Phi) is 7.97. The molecule has 3 atom stereocenters. The Morgan fingerprint density at radius 1 is 1.14 bits per heavy atom. The molecule has 2 fully saturated rings. The molecule has 2 aliphatic heterocycles. The molecule has 2 aromatic heterocycles. The number of alkyl halides is 3. The molecule has 2 aliphatic rings. The lowest BCUT2D eigenvalue weighted by atomic mass is 9.90. The third-order valence-electron chi connectivity index (χ3n) is 8.18. The first-order valence-electron chi connectivity index (χ1n) is 14.1. The number of hydrogen-bond acceptors (Lipinski definition) is 7. The van der Waals surface area contributed by atoms with Gasteiger partial charge in [0.25, 0.3) is 5.91 Å². The second-order valence-corrected chi connectivity index (χ2v) is 11.9. The van der Waals surface area contributed by atoms with Crippen molar-refractivity contribution in [3.05, 3.63) is 76.4 Å². The summed E-state index contributed by atoms with van der Waals surface area (Å²) in [4.78, 5) is 19.6. The van der Waals surface area contributed by atoms with Crippen LogP contribution in [0.3, 0.4) is 0 Å². The number of primary amides is 1. The van der Waals surface area contributed by atoms with Crippen LogP contribution in [-0.4, -0.2) is 59.2 Å². The minimum Gasteiger partial charge on any atom is -0.484 e. The van der Waals surface area contributed by atoms with Crippen molar-refractivity contribution in [3.8, 4) is 10.8 Å². The summed E-state index contributed by atoms with van der Waals surface area (Å²) in [5.74, 6) is -0.186. The summed E-state index contributed by atoms with van der Waals surface area (Å²) < 4.78 is 48.5. The van der Waals surface area contributed by atoms with Crippen LogP contribution in [0.5, 0.6) is 5.75 Å². The minimum atomic E-state index is -4.53. The lowest BCUT2D eigenvalue weighted by Gasteiger charge is -2.39. The van der Waals surface area contributed by atoms with Crippen molar-refractivity contribution in [2.45, 2.75) is 44.1 Å². The number of imidazole rings is 1. The fourth-order valence-corrected chi connectivity index (χ4v) is 6.92. The minimum absolute atomic E-state index is 0.0229. The maximum Gasteiger partial charge on any atom is 0.416 e. The van der Waals surface area contributed by atoms with Gasteiger partial charge in [-0.25, -0.2) is 4.98 Å². The van der Waals surface area contributed by atoms with Crippen molar-refractivity contribution in [1.82, 2.24) is 25.1 Å². The average Bonchev–Trinajstić information content (AvgIpc) is 3.61. The SMILES string of the molecule is C[C@@H](Oc1cc(-n2cnc3cc(C4CCC(N5CCNCC5)NC4)ccc32)sc1C(N)=O)c1ccccc1C(F)(F)F. The molecule has 4 aromatic rings. The summed E-state index contributed by atoms with van der Waals surface area (Å²) in [6.45, 7) is 6.63. The third kappa shape index (κ3) is 5.76. The van der Waals surface area contributed by atoms with E-state index in [1.165, 1.54) is 30.7 Å². The molecule has 2 unspecified atom stereocenters. The van der Waals surface area contributed by atoms with Gasteiger partial charge in [0.05, 0.1) is 22.8 Å². The number of nitrogens with one attached hydrogen (secondary N) is 2. The van der Waals surface area contributed by atoms with Crippen molar-refractivity contribution in [1.29, 1.82) is 0 Å². The number of rotatable bonds is 7. The van der Waals surface area contributed by atoms with Crippen molar-refractivity contribution in [3.63, 3.8) is 0 Å². The van der Waals surface area contributed by atoms with Gasteiger partial charge in [0, 0.05) is 44.4 Å². The van der Waals surface area contributed by atoms with E-state index in [1.807, 2.05) is 10.6 Å². The maximum absolute atomic E-state index is 13.6. The molecule has 8 nitrogen and oxygen atoms in total. The van der Waals surface area contributed by atoms with Crippen LogP contribution < -0.4 is 21.1 Å². The van der Waals surface area contributed by atoms with E-state index in [0.717, 1.165) is 74.0 Å². The zero-order valence-electron chi connectivity index (χ0n) is 23.2. The van der Waals surface area contributed by atoms with Crippen LogP contribution in [0.2, 0.25) is 0 Å². The predicted molar refractivity (Wildman–Crippen MR) is 156 cm³/mol. The summed E-state index contributed by atoms with van der Waals surface area (Å²) in [5.41, 5.74) is 7.73. The fourth-order valence-electron chi connectivity index (χ4n) is 5.99.